The molecule has 0 fully saturated rings. The van der Waals surface area contributed by atoms with Gasteiger partial charge in [-0.3, -0.25) is 14.4 Å². The Kier molecular flexibility index (Phi) is 15.7. The largest absolute Gasteiger partial charge is 0.392 e. The number of rotatable bonds is 13. The number of primary amides is 1. The summed E-state index contributed by atoms with van der Waals surface area (Å²) in [6.07, 6.45) is 1.62. The van der Waals surface area contributed by atoms with Crippen molar-refractivity contribution in [2.75, 3.05) is 11.9 Å². The van der Waals surface area contributed by atoms with Gasteiger partial charge in [-0.05, 0) is 42.9 Å². The molecule has 1 unspecified atom stereocenters. The Morgan fingerprint density at radius 1 is 1.00 bits per heavy atom. The molecule has 0 bridgehead atoms. The van der Waals surface area contributed by atoms with Crippen LogP contribution in [0.25, 0.3) is 0 Å². The predicted molar refractivity (Wildman–Crippen MR) is 133 cm³/mol. The fourth-order valence-corrected chi connectivity index (χ4v) is 2.98. The van der Waals surface area contributed by atoms with Crippen LogP contribution in [0.3, 0.4) is 0 Å². The van der Waals surface area contributed by atoms with Crippen molar-refractivity contribution in [2.24, 2.45) is 11.7 Å². The van der Waals surface area contributed by atoms with Crippen LogP contribution in [-0.4, -0.2) is 47.5 Å². The Morgan fingerprint density at radius 2 is 1.62 bits per heavy atom. The molecule has 0 aliphatic heterocycles. The molecule has 0 aliphatic rings. The normalized spacial score (nSPS) is 12.0. The van der Waals surface area contributed by atoms with Gasteiger partial charge in [0.05, 0.1) is 6.61 Å². The first-order valence-corrected chi connectivity index (χ1v) is 11.8. The number of nitrogens with one attached hydrogen (secondary N) is 4. The SMILES string of the molecule is CC.CCCC(=O)NC(C(=O)N[C@@H](CCCNC(N)=O)C(=O)Nc1ccc(CO)cc1)C(C)C. The summed E-state index contributed by atoms with van der Waals surface area (Å²) in [6.45, 7) is 9.63. The number of amides is 5. The minimum Gasteiger partial charge on any atom is -0.392 e. The predicted octanol–water partition coefficient (Wildman–Crippen LogP) is 2.02. The topological polar surface area (TPSA) is 163 Å². The van der Waals surface area contributed by atoms with E-state index in [-0.39, 0.29) is 31.4 Å². The summed E-state index contributed by atoms with van der Waals surface area (Å²) in [7, 11) is 0. The van der Waals surface area contributed by atoms with E-state index in [1.807, 2.05) is 34.6 Å². The monoisotopic (exact) mass is 479 g/mol. The first kappa shape index (κ1) is 30.9. The summed E-state index contributed by atoms with van der Waals surface area (Å²) >= 11 is 0. The summed E-state index contributed by atoms with van der Waals surface area (Å²) < 4.78 is 0. The Bertz CT molecular complexity index is 768. The van der Waals surface area contributed by atoms with Gasteiger partial charge in [0.2, 0.25) is 17.7 Å². The Labute approximate surface area is 202 Å². The average molecular weight is 480 g/mol. The number of hydrogen-bond acceptors (Lipinski definition) is 5. The number of aliphatic hydroxyl groups excluding tert-OH is 1. The molecule has 0 spiro atoms. The molecule has 10 heteroatoms. The third-order valence-corrected chi connectivity index (χ3v) is 4.75. The summed E-state index contributed by atoms with van der Waals surface area (Å²) in [5.41, 5.74) is 6.28. The Balaban J connectivity index is 0.00000529. The number of carbonyl (C=O) groups is 4. The van der Waals surface area contributed by atoms with Gasteiger partial charge < -0.3 is 32.1 Å². The fraction of sp³-hybridized carbons (Fsp3) is 0.583. The first-order valence-electron chi connectivity index (χ1n) is 11.8. The first-order chi connectivity index (χ1) is 16.2. The highest BCUT2D eigenvalue weighted by Gasteiger charge is 2.28. The smallest absolute Gasteiger partial charge is 0.312 e. The number of urea groups is 1. The molecule has 34 heavy (non-hydrogen) atoms. The molecule has 0 aliphatic carbocycles. The van der Waals surface area contributed by atoms with Crippen molar-refractivity contribution in [3.8, 4) is 0 Å². The quantitative estimate of drug-likeness (QED) is 0.238. The van der Waals surface area contributed by atoms with Gasteiger partial charge >= 0.3 is 6.03 Å². The third kappa shape index (κ3) is 12.2. The second-order valence-corrected chi connectivity index (χ2v) is 7.88. The van der Waals surface area contributed by atoms with Gasteiger partial charge in [0, 0.05) is 18.7 Å². The summed E-state index contributed by atoms with van der Waals surface area (Å²) in [6, 6.07) is 4.32. The zero-order chi connectivity index (χ0) is 26.1. The van der Waals surface area contributed by atoms with Gasteiger partial charge in [-0.15, -0.1) is 0 Å². The van der Waals surface area contributed by atoms with Crippen LogP contribution < -0.4 is 27.0 Å². The fourth-order valence-electron chi connectivity index (χ4n) is 2.98. The molecule has 0 saturated heterocycles. The summed E-state index contributed by atoms with van der Waals surface area (Å²) in [4.78, 5) is 48.6. The third-order valence-electron chi connectivity index (χ3n) is 4.75. The van der Waals surface area contributed by atoms with Crippen molar-refractivity contribution in [1.29, 1.82) is 0 Å². The number of benzene rings is 1. The highest BCUT2D eigenvalue weighted by Crippen LogP contribution is 2.12. The van der Waals surface area contributed by atoms with Crippen LogP contribution in [0.15, 0.2) is 24.3 Å². The van der Waals surface area contributed by atoms with Crippen LogP contribution in [-0.2, 0) is 21.0 Å². The molecule has 0 aromatic heterocycles. The maximum atomic E-state index is 12.9. The molecule has 0 saturated carbocycles. The zero-order valence-corrected chi connectivity index (χ0v) is 20.9. The Morgan fingerprint density at radius 3 is 2.12 bits per heavy atom. The maximum Gasteiger partial charge on any atom is 0.312 e. The van der Waals surface area contributed by atoms with Gasteiger partial charge in [0.15, 0.2) is 0 Å². The van der Waals surface area contributed by atoms with E-state index >= 15 is 0 Å². The summed E-state index contributed by atoms with van der Waals surface area (Å²) in [5.74, 6) is -1.29. The standard InChI is InChI=1S/C22H35N5O5.C2H6/c1-4-6-18(29)27-19(14(2)3)21(31)26-17(7-5-12-24-22(23)32)20(30)25-16-10-8-15(13-28)9-11-16;1-2/h8-11,14,17,19,28H,4-7,12-13H2,1-3H3,(H,25,30)(H,26,31)(H,27,29)(H3,23,24,32);1-2H3/t17-,19?;/m0./s1. The van der Waals surface area contributed by atoms with Crippen LogP contribution in [0.5, 0.6) is 0 Å². The second kappa shape index (κ2) is 17.4. The maximum absolute atomic E-state index is 12.9. The highest BCUT2D eigenvalue weighted by molar-refractivity contribution is 5.98. The van der Waals surface area contributed by atoms with E-state index in [1.165, 1.54) is 0 Å². The number of carbonyl (C=O) groups excluding carboxylic acids is 4. The Hall–Kier alpha value is -3.14. The lowest BCUT2D eigenvalue weighted by molar-refractivity contribution is -0.132. The van der Waals surface area contributed by atoms with Crippen LogP contribution in [0.1, 0.15) is 65.9 Å². The summed E-state index contributed by atoms with van der Waals surface area (Å²) in [5, 5.41) is 19.8. The van der Waals surface area contributed by atoms with Crippen molar-refractivity contribution in [1.82, 2.24) is 16.0 Å². The van der Waals surface area contributed by atoms with E-state index in [1.54, 1.807) is 24.3 Å². The molecular weight excluding hydrogens is 438 g/mol. The van der Waals surface area contributed by atoms with Crippen molar-refractivity contribution < 1.29 is 24.3 Å². The highest BCUT2D eigenvalue weighted by atomic mass is 16.3. The molecule has 1 rings (SSSR count). The van der Waals surface area contributed by atoms with E-state index < -0.39 is 29.9 Å². The van der Waals surface area contributed by atoms with Crippen molar-refractivity contribution in [3.05, 3.63) is 29.8 Å². The number of nitrogens with two attached hydrogens (primary N) is 1. The molecule has 2 atom stereocenters. The lowest BCUT2D eigenvalue weighted by Crippen LogP contribution is -2.54. The van der Waals surface area contributed by atoms with Gasteiger partial charge in [-0.2, -0.15) is 0 Å². The van der Waals surface area contributed by atoms with E-state index in [4.69, 9.17) is 10.8 Å². The molecule has 0 heterocycles. The van der Waals surface area contributed by atoms with Crippen molar-refractivity contribution in [2.45, 2.75) is 79.0 Å². The van der Waals surface area contributed by atoms with Crippen molar-refractivity contribution in [3.63, 3.8) is 0 Å². The van der Waals surface area contributed by atoms with Gasteiger partial charge in [-0.1, -0.05) is 46.8 Å². The van der Waals surface area contributed by atoms with Crippen molar-refractivity contribution >= 4 is 29.4 Å². The lowest BCUT2D eigenvalue weighted by Gasteiger charge is -2.25. The molecule has 1 aromatic carbocycles. The molecule has 0 radical (unpaired) electrons. The van der Waals surface area contributed by atoms with Crippen LogP contribution in [0, 0.1) is 5.92 Å². The zero-order valence-electron chi connectivity index (χ0n) is 20.9. The minimum atomic E-state index is -0.890. The van der Waals surface area contributed by atoms with Gasteiger partial charge in [0.1, 0.15) is 12.1 Å². The van der Waals surface area contributed by atoms with Gasteiger partial charge in [0.25, 0.3) is 0 Å². The minimum absolute atomic E-state index is 0.111. The number of anilines is 1. The van der Waals surface area contributed by atoms with E-state index in [9.17, 15) is 19.2 Å². The lowest BCUT2D eigenvalue weighted by atomic mass is 10.0. The molecule has 1 aromatic rings. The van der Waals surface area contributed by atoms with E-state index in [0.29, 0.717) is 30.5 Å². The second-order valence-electron chi connectivity index (χ2n) is 7.88. The molecular formula is C24H41N5O5. The number of hydrogen-bond donors (Lipinski definition) is 6. The molecule has 192 valence electrons. The van der Waals surface area contributed by atoms with Crippen LogP contribution >= 0.6 is 0 Å². The van der Waals surface area contributed by atoms with Crippen LogP contribution in [0.4, 0.5) is 10.5 Å². The van der Waals surface area contributed by atoms with E-state index in [0.717, 1.165) is 0 Å². The molecule has 10 nitrogen and oxygen atoms in total. The van der Waals surface area contributed by atoms with Crippen LogP contribution in [0.2, 0.25) is 0 Å². The molecule has 5 amide bonds. The molecule has 7 N–H and O–H groups in total. The van der Waals surface area contributed by atoms with E-state index in [2.05, 4.69) is 21.3 Å². The van der Waals surface area contributed by atoms with Gasteiger partial charge in [-0.25, -0.2) is 4.79 Å². The number of aliphatic hydroxyl groups is 1. The average Bonchev–Trinajstić information content (AvgIpc) is 2.80.